The molecule has 108 valence electrons. The van der Waals surface area contributed by atoms with Crippen molar-refractivity contribution in [1.82, 2.24) is 0 Å². The van der Waals surface area contributed by atoms with Gasteiger partial charge in [-0.05, 0) is 36.4 Å². The van der Waals surface area contributed by atoms with E-state index in [0.717, 1.165) is 0 Å². The number of nitrogens with one attached hydrogen (secondary N) is 1. The van der Waals surface area contributed by atoms with Crippen molar-refractivity contribution in [2.75, 3.05) is 5.32 Å². The van der Waals surface area contributed by atoms with Crippen LogP contribution in [0.25, 0.3) is 0 Å². The average Bonchev–Trinajstić information content (AvgIpc) is 2.41. The molecule has 0 aliphatic heterocycles. The van der Waals surface area contributed by atoms with Gasteiger partial charge in [0, 0.05) is 10.7 Å². The first kappa shape index (κ1) is 15.6. The predicted molar refractivity (Wildman–Crippen MR) is 82.8 cm³/mol. The summed E-state index contributed by atoms with van der Waals surface area (Å²) in [5.41, 5.74) is 0.518. The lowest BCUT2D eigenvalue weighted by molar-refractivity contribution is 0.0697. The van der Waals surface area contributed by atoms with Crippen LogP contribution in [0.3, 0.4) is 0 Å². The number of carboxylic acids is 1. The van der Waals surface area contributed by atoms with Crippen molar-refractivity contribution in [2.24, 2.45) is 0 Å². The zero-order valence-corrected chi connectivity index (χ0v) is 12.6. The molecule has 21 heavy (non-hydrogen) atoms. The molecular formula is C14H8Cl3NO3. The van der Waals surface area contributed by atoms with E-state index < -0.39 is 11.9 Å². The molecule has 1 amide bonds. The topological polar surface area (TPSA) is 66.4 Å². The molecule has 2 N–H and O–H groups in total. The molecule has 0 aliphatic carbocycles. The van der Waals surface area contributed by atoms with Gasteiger partial charge in [0.1, 0.15) is 0 Å². The zero-order chi connectivity index (χ0) is 15.6. The Morgan fingerprint density at radius 2 is 1.62 bits per heavy atom. The van der Waals surface area contributed by atoms with Crippen LogP contribution in [0.4, 0.5) is 5.69 Å². The number of aromatic carboxylic acids is 1. The molecule has 0 saturated carbocycles. The maximum atomic E-state index is 12.1. The number of hydrogen-bond acceptors (Lipinski definition) is 2. The normalized spacial score (nSPS) is 10.2. The van der Waals surface area contributed by atoms with E-state index >= 15 is 0 Å². The Balaban J connectivity index is 2.26. The van der Waals surface area contributed by atoms with Crippen LogP contribution in [0.2, 0.25) is 15.1 Å². The fraction of sp³-hybridized carbons (Fsp3) is 0. The summed E-state index contributed by atoms with van der Waals surface area (Å²) in [5, 5.41) is 12.1. The molecule has 2 aromatic rings. The predicted octanol–water partition coefficient (Wildman–Crippen LogP) is 4.60. The number of carboxylic acid groups (broad SMARTS) is 1. The minimum absolute atomic E-state index is 0.0255. The monoisotopic (exact) mass is 343 g/mol. The van der Waals surface area contributed by atoms with Gasteiger partial charge < -0.3 is 10.4 Å². The van der Waals surface area contributed by atoms with E-state index in [1.165, 1.54) is 30.3 Å². The molecular weight excluding hydrogens is 337 g/mol. The number of benzene rings is 2. The second-order valence-corrected chi connectivity index (χ2v) is 5.33. The standard InChI is InChI=1S/C14H8Cl3NO3/c15-7-1-4-11(16)10(5-7)13(19)18-8-2-3-9(14(20)21)12(17)6-8/h1-6H,(H,18,19)(H,20,21). The summed E-state index contributed by atoms with van der Waals surface area (Å²) in [5.74, 6) is -1.61. The SMILES string of the molecule is O=C(O)c1ccc(NC(=O)c2cc(Cl)ccc2Cl)cc1Cl. The number of amides is 1. The fourth-order valence-corrected chi connectivity index (χ4v) is 2.27. The zero-order valence-electron chi connectivity index (χ0n) is 10.4. The number of carbonyl (C=O) groups excluding carboxylic acids is 1. The summed E-state index contributed by atoms with van der Waals surface area (Å²) < 4.78 is 0. The molecule has 4 nitrogen and oxygen atoms in total. The van der Waals surface area contributed by atoms with Crippen molar-refractivity contribution >= 4 is 52.4 Å². The first-order chi connectivity index (χ1) is 9.88. The summed E-state index contributed by atoms with van der Waals surface area (Å²) in [4.78, 5) is 23.0. The highest BCUT2D eigenvalue weighted by molar-refractivity contribution is 6.36. The second-order valence-electron chi connectivity index (χ2n) is 4.08. The molecule has 2 rings (SSSR count). The molecule has 0 heterocycles. The van der Waals surface area contributed by atoms with Crippen molar-refractivity contribution in [2.45, 2.75) is 0 Å². The Hall–Kier alpha value is -1.75. The first-order valence-electron chi connectivity index (χ1n) is 5.67. The van der Waals surface area contributed by atoms with Crippen LogP contribution >= 0.6 is 34.8 Å². The number of carbonyl (C=O) groups is 2. The van der Waals surface area contributed by atoms with Gasteiger partial charge in [0.05, 0.1) is 21.2 Å². The van der Waals surface area contributed by atoms with E-state index in [4.69, 9.17) is 39.9 Å². The number of anilines is 1. The maximum Gasteiger partial charge on any atom is 0.337 e. The number of rotatable bonds is 3. The van der Waals surface area contributed by atoms with E-state index in [9.17, 15) is 9.59 Å². The highest BCUT2D eigenvalue weighted by Gasteiger charge is 2.13. The lowest BCUT2D eigenvalue weighted by atomic mass is 10.2. The molecule has 0 aliphatic rings. The highest BCUT2D eigenvalue weighted by atomic mass is 35.5. The average molecular weight is 345 g/mol. The van der Waals surface area contributed by atoms with Crippen molar-refractivity contribution in [3.63, 3.8) is 0 Å². The third-order valence-corrected chi connectivity index (χ3v) is 3.51. The third kappa shape index (κ3) is 3.67. The van der Waals surface area contributed by atoms with Crippen molar-refractivity contribution in [1.29, 1.82) is 0 Å². The molecule has 0 aromatic heterocycles. The molecule has 7 heteroatoms. The van der Waals surface area contributed by atoms with Crippen LogP contribution in [-0.2, 0) is 0 Å². The Kier molecular flexibility index (Phi) is 4.73. The Labute approximate surface area is 135 Å². The van der Waals surface area contributed by atoms with Crippen LogP contribution < -0.4 is 5.32 Å². The van der Waals surface area contributed by atoms with Gasteiger partial charge in [-0.2, -0.15) is 0 Å². The van der Waals surface area contributed by atoms with Crippen molar-refractivity contribution in [3.8, 4) is 0 Å². The largest absolute Gasteiger partial charge is 0.478 e. The van der Waals surface area contributed by atoms with Gasteiger partial charge in [0.15, 0.2) is 0 Å². The summed E-state index contributed by atoms with van der Waals surface area (Å²) in [6.07, 6.45) is 0. The number of hydrogen-bond donors (Lipinski definition) is 2. The van der Waals surface area contributed by atoms with Crippen molar-refractivity contribution in [3.05, 3.63) is 62.6 Å². The fourth-order valence-electron chi connectivity index (χ4n) is 1.64. The summed E-state index contributed by atoms with van der Waals surface area (Å²) in [6.45, 7) is 0. The first-order valence-corrected chi connectivity index (χ1v) is 6.81. The number of halogens is 3. The minimum Gasteiger partial charge on any atom is -0.478 e. The maximum absolute atomic E-state index is 12.1. The van der Waals surface area contributed by atoms with Crippen LogP contribution in [0.1, 0.15) is 20.7 Å². The molecule has 2 aromatic carbocycles. The molecule has 0 spiro atoms. The van der Waals surface area contributed by atoms with Gasteiger partial charge in [-0.25, -0.2) is 4.79 Å². The van der Waals surface area contributed by atoms with Crippen LogP contribution in [0, 0.1) is 0 Å². The van der Waals surface area contributed by atoms with E-state index in [1.54, 1.807) is 6.07 Å². The van der Waals surface area contributed by atoms with E-state index in [0.29, 0.717) is 10.7 Å². The molecule has 0 atom stereocenters. The van der Waals surface area contributed by atoms with Gasteiger partial charge in [-0.15, -0.1) is 0 Å². The Bertz CT molecular complexity index is 731. The van der Waals surface area contributed by atoms with Gasteiger partial charge in [-0.1, -0.05) is 34.8 Å². The molecule has 0 radical (unpaired) electrons. The summed E-state index contributed by atoms with van der Waals surface area (Å²) in [6, 6.07) is 8.61. The Morgan fingerprint density at radius 1 is 0.905 bits per heavy atom. The van der Waals surface area contributed by atoms with Gasteiger partial charge in [0.2, 0.25) is 0 Å². The smallest absolute Gasteiger partial charge is 0.337 e. The lowest BCUT2D eigenvalue weighted by Crippen LogP contribution is -2.12. The lowest BCUT2D eigenvalue weighted by Gasteiger charge is -2.08. The molecule has 0 unspecified atom stereocenters. The van der Waals surface area contributed by atoms with E-state index in [2.05, 4.69) is 5.32 Å². The van der Waals surface area contributed by atoms with Crippen molar-refractivity contribution < 1.29 is 14.7 Å². The minimum atomic E-state index is -1.14. The quantitative estimate of drug-likeness (QED) is 0.855. The Morgan fingerprint density at radius 3 is 2.24 bits per heavy atom. The summed E-state index contributed by atoms with van der Waals surface area (Å²) in [7, 11) is 0. The van der Waals surface area contributed by atoms with Crippen LogP contribution in [0.5, 0.6) is 0 Å². The van der Waals surface area contributed by atoms with Gasteiger partial charge >= 0.3 is 5.97 Å². The molecule has 0 saturated heterocycles. The summed E-state index contributed by atoms with van der Waals surface area (Å²) >= 11 is 17.6. The van der Waals surface area contributed by atoms with Crippen LogP contribution in [0.15, 0.2) is 36.4 Å². The van der Waals surface area contributed by atoms with Gasteiger partial charge in [0.25, 0.3) is 5.91 Å². The van der Waals surface area contributed by atoms with E-state index in [1.807, 2.05) is 0 Å². The molecule has 0 bridgehead atoms. The third-order valence-electron chi connectivity index (χ3n) is 2.63. The highest BCUT2D eigenvalue weighted by Crippen LogP contribution is 2.24. The van der Waals surface area contributed by atoms with E-state index in [-0.39, 0.29) is 21.2 Å². The molecule has 0 fully saturated rings. The van der Waals surface area contributed by atoms with Gasteiger partial charge in [-0.3, -0.25) is 4.79 Å². The second kappa shape index (κ2) is 6.35. The van der Waals surface area contributed by atoms with Crippen LogP contribution in [-0.4, -0.2) is 17.0 Å².